The van der Waals surface area contributed by atoms with E-state index in [1.165, 1.54) is 55.5 Å². The van der Waals surface area contributed by atoms with Crippen LogP contribution in [0.5, 0.6) is 5.75 Å². The van der Waals surface area contributed by atoms with Gasteiger partial charge in [-0.25, -0.2) is 0 Å². The molecule has 14 heteroatoms. The molecule has 5 N–H and O–H groups in total. The third kappa shape index (κ3) is 7.54. The summed E-state index contributed by atoms with van der Waals surface area (Å²) in [5.41, 5.74) is 2.18. The van der Waals surface area contributed by atoms with E-state index in [-0.39, 0.29) is 42.0 Å². The fourth-order valence-corrected chi connectivity index (χ4v) is 6.07. The van der Waals surface area contributed by atoms with Gasteiger partial charge in [-0.3, -0.25) is 9.59 Å². The maximum absolute atomic E-state index is 14.1. The Bertz CT molecular complexity index is 1850. The molecule has 5 rings (SSSR count). The van der Waals surface area contributed by atoms with Crippen LogP contribution >= 0.6 is 0 Å². The van der Waals surface area contributed by atoms with E-state index in [0.29, 0.717) is 23.6 Å². The zero-order valence-corrected chi connectivity index (χ0v) is 27.3. The highest BCUT2D eigenvalue weighted by atomic mass is 19.4. The molecule has 4 aromatic rings. The number of aliphatic hydroxyl groups is 5. The van der Waals surface area contributed by atoms with Gasteiger partial charge in [0.1, 0.15) is 30.2 Å². The summed E-state index contributed by atoms with van der Waals surface area (Å²) < 4.78 is 48.8. The Balaban J connectivity index is 1.39. The molecule has 0 aliphatic carbocycles. The fourth-order valence-electron chi connectivity index (χ4n) is 6.07. The van der Waals surface area contributed by atoms with Crippen LogP contribution in [0, 0.1) is 0 Å². The summed E-state index contributed by atoms with van der Waals surface area (Å²) in [6.45, 7) is -0.765. The molecule has 1 aliphatic rings. The number of nitrogens with zero attached hydrogens (tertiary/aromatic N) is 3. The first-order chi connectivity index (χ1) is 23.7. The Morgan fingerprint density at radius 2 is 1.56 bits per heavy atom. The number of anilines is 1. The number of carbonyl (C=O) groups is 2. The van der Waals surface area contributed by atoms with Crippen molar-refractivity contribution in [2.75, 3.05) is 32.2 Å². The minimum Gasteiger partial charge on any atom is -0.496 e. The lowest BCUT2D eigenvalue weighted by molar-refractivity contribution is -0.137. The number of halogens is 3. The van der Waals surface area contributed by atoms with Gasteiger partial charge in [0.15, 0.2) is 0 Å². The second-order valence-corrected chi connectivity index (χ2v) is 12.1. The molecule has 3 aromatic carbocycles. The molecule has 0 unspecified atom stereocenters. The second-order valence-electron chi connectivity index (χ2n) is 12.1. The van der Waals surface area contributed by atoms with Gasteiger partial charge in [0.2, 0.25) is 5.91 Å². The SMILES string of the molecule is COc1cc(C(=O)N2Cc3ccc(CC(=O)N(C)C[C@@H](O)[C@H](O)[C@H](O)[C@@H](O)CO)n3Cc3ccccc32)ccc1-c1ccccc1C(F)(F)F. The molecule has 1 aromatic heterocycles. The van der Waals surface area contributed by atoms with Crippen molar-refractivity contribution in [3.8, 4) is 16.9 Å². The van der Waals surface area contributed by atoms with Crippen LogP contribution in [-0.2, 0) is 30.5 Å². The number of ether oxygens (including phenoxy) is 1. The first kappa shape index (κ1) is 36.5. The number of methoxy groups -OCH3 is 1. The van der Waals surface area contributed by atoms with Gasteiger partial charge < -0.3 is 44.6 Å². The van der Waals surface area contributed by atoms with Crippen LogP contribution in [0.2, 0.25) is 0 Å². The molecule has 0 spiro atoms. The predicted molar refractivity (Wildman–Crippen MR) is 176 cm³/mol. The molecule has 0 saturated heterocycles. The Kier molecular flexibility index (Phi) is 11.0. The largest absolute Gasteiger partial charge is 0.496 e. The number of rotatable bonds is 11. The minimum atomic E-state index is -4.60. The van der Waals surface area contributed by atoms with E-state index in [1.54, 1.807) is 29.2 Å². The molecular weight excluding hydrogens is 659 g/mol. The van der Waals surface area contributed by atoms with E-state index in [2.05, 4.69) is 0 Å². The zero-order chi connectivity index (χ0) is 36.3. The monoisotopic (exact) mass is 697 g/mol. The van der Waals surface area contributed by atoms with Gasteiger partial charge in [0.05, 0.1) is 32.2 Å². The summed E-state index contributed by atoms with van der Waals surface area (Å²) in [6.07, 6.45) is -11.6. The molecule has 0 bridgehead atoms. The molecule has 0 saturated carbocycles. The summed E-state index contributed by atoms with van der Waals surface area (Å²) in [4.78, 5) is 30.1. The second kappa shape index (κ2) is 15.0. The number of likely N-dealkylation sites (N-methyl/N-ethyl adjacent to an activating group) is 1. The van der Waals surface area contributed by atoms with Crippen molar-refractivity contribution in [2.24, 2.45) is 0 Å². The van der Waals surface area contributed by atoms with Crippen molar-refractivity contribution >= 4 is 17.5 Å². The molecule has 0 fully saturated rings. The average Bonchev–Trinajstić information content (AvgIpc) is 3.39. The lowest BCUT2D eigenvalue weighted by Gasteiger charge is -2.28. The lowest BCUT2D eigenvalue weighted by Crippen LogP contribution is -2.50. The number of para-hydroxylation sites is 1. The van der Waals surface area contributed by atoms with Crippen LogP contribution in [0.1, 0.15) is 32.9 Å². The number of fused-ring (bicyclic) bond motifs is 2. The van der Waals surface area contributed by atoms with Crippen LogP contribution in [-0.4, -0.2) is 98.5 Å². The number of benzene rings is 3. The molecule has 266 valence electrons. The Morgan fingerprint density at radius 1 is 0.880 bits per heavy atom. The molecule has 0 radical (unpaired) electrons. The van der Waals surface area contributed by atoms with Crippen LogP contribution in [0.25, 0.3) is 11.1 Å². The van der Waals surface area contributed by atoms with E-state index < -0.39 is 54.6 Å². The van der Waals surface area contributed by atoms with E-state index in [4.69, 9.17) is 9.84 Å². The molecule has 4 atom stereocenters. The Hall–Kier alpha value is -4.73. The number of alkyl halides is 3. The number of hydrogen-bond acceptors (Lipinski definition) is 8. The maximum Gasteiger partial charge on any atom is 0.417 e. The van der Waals surface area contributed by atoms with Crippen molar-refractivity contribution < 1.29 is 53.0 Å². The lowest BCUT2D eigenvalue weighted by atomic mass is 9.97. The maximum atomic E-state index is 14.1. The van der Waals surface area contributed by atoms with E-state index in [9.17, 15) is 43.2 Å². The highest BCUT2D eigenvalue weighted by Crippen LogP contribution is 2.41. The molecule has 1 aliphatic heterocycles. The number of aromatic nitrogens is 1. The van der Waals surface area contributed by atoms with Gasteiger partial charge in [-0.15, -0.1) is 0 Å². The number of hydrogen-bond donors (Lipinski definition) is 5. The predicted octanol–water partition coefficient (Wildman–Crippen LogP) is 2.83. The highest BCUT2D eigenvalue weighted by Gasteiger charge is 2.35. The van der Waals surface area contributed by atoms with Crippen molar-refractivity contribution in [3.05, 3.63) is 107 Å². The van der Waals surface area contributed by atoms with E-state index >= 15 is 0 Å². The molecule has 2 amide bonds. The fraction of sp³-hybridized carbons (Fsp3) is 0.333. The number of aliphatic hydroxyl groups excluding tert-OH is 5. The molecule has 50 heavy (non-hydrogen) atoms. The zero-order valence-electron chi connectivity index (χ0n) is 27.3. The molecule has 11 nitrogen and oxygen atoms in total. The summed E-state index contributed by atoms with van der Waals surface area (Å²) in [5, 5.41) is 49.0. The summed E-state index contributed by atoms with van der Waals surface area (Å²) in [7, 11) is 2.74. The average molecular weight is 698 g/mol. The van der Waals surface area contributed by atoms with Crippen molar-refractivity contribution in [1.29, 1.82) is 0 Å². The summed E-state index contributed by atoms with van der Waals surface area (Å²) in [6, 6.07) is 20.3. The van der Waals surface area contributed by atoms with Gasteiger partial charge >= 0.3 is 6.18 Å². The summed E-state index contributed by atoms with van der Waals surface area (Å²) >= 11 is 0. The first-order valence-corrected chi connectivity index (χ1v) is 15.7. The van der Waals surface area contributed by atoms with E-state index in [1.807, 2.05) is 16.7 Å². The smallest absolute Gasteiger partial charge is 0.417 e. The Morgan fingerprint density at radius 3 is 2.26 bits per heavy atom. The van der Waals surface area contributed by atoms with Gasteiger partial charge in [-0.1, -0.05) is 36.4 Å². The third-order valence-corrected chi connectivity index (χ3v) is 8.85. The number of amides is 2. The van der Waals surface area contributed by atoms with Crippen molar-refractivity contribution in [3.63, 3.8) is 0 Å². The van der Waals surface area contributed by atoms with Crippen LogP contribution in [0.3, 0.4) is 0 Å². The normalized spacial score (nSPS) is 15.3. The quantitative estimate of drug-likeness (QED) is 0.160. The van der Waals surface area contributed by atoms with Gasteiger partial charge in [0.25, 0.3) is 5.91 Å². The first-order valence-electron chi connectivity index (χ1n) is 15.7. The van der Waals surface area contributed by atoms with Gasteiger partial charge in [-0.2, -0.15) is 13.2 Å². The molecular formula is C36H38F3N3O8. The standard InChI is InChI=1S/C36H38F3N3O8/c1-40(19-29(44)33(47)34(48)30(45)20-43)32(46)16-23-12-13-24-18-42(28-10-6-3-7-22(28)17-41(23)24)35(49)21-11-14-26(31(15-21)50-2)25-8-4-5-9-27(25)36(37,38)39/h3-15,29-30,33-34,43-45,47-48H,16-20H2,1-2H3/t29-,30+,33+,34-/m1/s1. The molecule has 2 heterocycles. The summed E-state index contributed by atoms with van der Waals surface area (Å²) in [5.74, 6) is -0.737. The van der Waals surface area contributed by atoms with Crippen LogP contribution < -0.4 is 9.64 Å². The Labute approximate surface area is 286 Å². The van der Waals surface area contributed by atoms with E-state index in [0.717, 1.165) is 11.6 Å². The topological polar surface area (TPSA) is 156 Å². The van der Waals surface area contributed by atoms with Crippen LogP contribution in [0.15, 0.2) is 78.9 Å². The third-order valence-electron chi connectivity index (χ3n) is 8.85. The number of carbonyl (C=O) groups excluding carboxylic acids is 2. The van der Waals surface area contributed by atoms with Gasteiger partial charge in [0, 0.05) is 48.3 Å². The van der Waals surface area contributed by atoms with Gasteiger partial charge in [-0.05, 0) is 53.6 Å². The minimum absolute atomic E-state index is 0.0784. The van der Waals surface area contributed by atoms with Crippen molar-refractivity contribution in [1.82, 2.24) is 9.47 Å². The van der Waals surface area contributed by atoms with Crippen molar-refractivity contribution in [2.45, 2.75) is 50.1 Å². The van der Waals surface area contributed by atoms with Crippen LogP contribution in [0.4, 0.5) is 18.9 Å². The highest BCUT2D eigenvalue weighted by molar-refractivity contribution is 6.07.